The number of anilines is 1. The molecule has 162 valence electrons. The average Bonchev–Trinajstić information content (AvgIpc) is 3.08. The Labute approximate surface area is 203 Å². The number of ether oxygens (including phenoxy) is 2. The first-order valence-corrected chi connectivity index (χ1v) is 12.6. The van der Waals surface area contributed by atoms with E-state index in [2.05, 4.69) is 82.5 Å². The second-order valence-corrected chi connectivity index (χ2v) is 10.7. The second kappa shape index (κ2) is 9.35. The van der Waals surface area contributed by atoms with Crippen molar-refractivity contribution in [2.75, 3.05) is 44.2 Å². The van der Waals surface area contributed by atoms with Crippen LogP contribution in [0.5, 0.6) is 11.5 Å². The van der Waals surface area contributed by atoms with E-state index < -0.39 is 0 Å². The lowest BCUT2D eigenvalue weighted by Crippen LogP contribution is -2.47. The number of benzene rings is 1. The Kier molecular flexibility index (Phi) is 6.97. The predicted octanol–water partition coefficient (Wildman–Crippen LogP) is 5.67. The van der Waals surface area contributed by atoms with E-state index in [1.165, 1.54) is 0 Å². The summed E-state index contributed by atoms with van der Waals surface area (Å²) in [5.41, 5.74) is 0.937. The molecule has 30 heavy (non-hydrogen) atoms. The van der Waals surface area contributed by atoms with Gasteiger partial charge in [0.15, 0.2) is 11.5 Å². The zero-order chi connectivity index (χ0) is 21.3. The van der Waals surface area contributed by atoms with E-state index in [4.69, 9.17) is 9.47 Å². The Morgan fingerprint density at radius 1 is 1.07 bits per heavy atom. The molecule has 0 radical (unpaired) electrons. The first kappa shape index (κ1) is 22.4. The summed E-state index contributed by atoms with van der Waals surface area (Å²) in [6, 6.07) is 6.09. The highest BCUT2D eigenvalue weighted by Gasteiger charge is 2.36. The van der Waals surface area contributed by atoms with E-state index in [0.29, 0.717) is 6.61 Å². The van der Waals surface area contributed by atoms with Crippen LogP contribution in [0.25, 0.3) is 0 Å². The van der Waals surface area contributed by atoms with Crippen molar-refractivity contribution in [2.45, 2.75) is 32.3 Å². The number of hydrogen-bond donors (Lipinski definition) is 0. The molecule has 2 aliphatic rings. The van der Waals surface area contributed by atoms with Crippen molar-refractivity contribution < 1.29 is 9.47 Å². The van der Waals surface area contributed by atoms with Crippen LogP contribution in [0, 0.1) is 0 Å². The zero-order valence-electron chi connectivity index (χ0n) is 17.3. The lowest BCUT2D eigenvalue weighted by Gasteiger charge is -2.35. The lowest BCUT2D eigenvalue weighted by atomic mass is 10.0. The maximum atomic E-state index is 6.22. The van der Waals surface area contributed by atoms with Crippen molar-refractivity contribution in [3.63, 3.8) is 0 Å². The molecule has 0 unspecified atom stereocenters. The number of nitrogens with zero attached hydrogens (tertiary/aromatic N) is 3. The quantitative estimate of drug-likeness (QED) is 0.314. The third-order valence-electron chi connectivity index (χ3n) is 5.52. The molecule has 0 saturated carbocycles. The zero-order valence-corrected chi connectivity index (χ0v) is 22.0. The normalized spacial score (nSPS) is 18.2. The molecule has 1 fully saturated rings. The Bertz CT molecular complexity index is 900. The van der Waals surface area contributed by atoms with Crippen LogP contribution in [0.4, 0.5) is 5.82 Å². The Morgan fingerprint density at radius 3 is 2.53 bits per heavy atom. The molecular formula is C22H26Br3N3O2. The van der Waals surface area contributed by atoms with Crippen molar-refractivity contribution in [3.05, 3.63) is 43.4 Å². The van der Waals surface area contributed by atoms with E-state index in [1.807, 2.05) is 18.3 Å². The Morgan fingerprint density at radius 2 is 1.83 bits per heavy atom. The summed E-state index contributed by atoms with van der Waals surface area (Å²) in [5.74, 6) is 2.72. The summed E-state index contributed by atoms with van der Waals surface area (Å²) in [7, 11) is 0. The van der Waals surface area contributed by atoms with E-state index in [-0.39, 0.29) is 5.60 Å². The van der Waals surface area contributed by atoms with Gasteiger partial charge in [0.05, 0.1) is 15.6 Å². The molecule has 1 saturated heterocycles. The Hall–Kier alpha value is -0.830. The summed E-state index contributed by atoms with van der Waals surface area (Å²) in [5, 5.41) is 0. The fourth-order valence-corrected chi connectivity index (χ4v) is 5.70. The molecular weight excluding hydrogens is 578 g/mol. The van der Waals surface area contributed by atoms with Gasteiger partial charge in [0, 0.05) is 55.4 Å². The minimum absolute atomic E-state index is 0.226. The van der Waals surface area contributed by atoms with Crippen molar-refractivity contribution in [3.8, 4) is 11.5 Å². The monoisotopic (exact) mass is 601 g/mol. The van der Waals surface area contributed by atoms with Gasteiger partial charge in [-0.2, -0.15) is 0 Å². The molecule has 2 aromatic rings. The van der Waals surface area contributed by atoms with E-state index in [0.717, 1.165) is 81.9 Å². The topological polar surface area (TPSA) is 37.8 Å². The SMILES string of the molecule is CC1(C)Cc2c(Br)c(Br)c(Br)c(OCCCN3CCN(c4ccccn4)CC3)c2O1. The molecule has 0 spiro atoms. The number of piperazine rings is 1. The molecule has 0 atom stereocenters. The minimum atomic E-state index is -0.226. The first-order chi connectivity index (χ1) is 14.4. The van der Waals surface area contributed by atoms with Gasteiger partial charge < -0.3 is 14.4 Å². The number of hydrogen-bond acceptors (Lipinski definition) is 5. The summed E-state index contributed by atoms with van der Waals surface area (Å²) < 4.78 is 15.3. The standard InChI is InChI=1S/C22H26Br3N3O2/c1-22(2)14-15-17(23)18(24)19(25)21(20(15)30-22)29-13-5-8-27-9-11-28(12-10-27)16-6-3-4-7-26-16/h3-4,6-7H,5,8-14H2,1-2H3. The van der Waals surface area contributed by atoms with Crippen molar-refractivity contribution in [1.82, 2.24) is 9.88 Å². The molecule has 0 N–H and O–H groups in total. The summed E-state index contributed by atoms with van der Waals surface area (Å²) >= 11 is 11.0. The number of pyridine rings is 1. The van der Waals surface area contributed by atoms with E-state index >= 15 is 0 Å². The van der Waals surface area contributed by atoms with E-state index in [1.54, 1.807) is 0 Å². The molecule has 1 aromatic carbocycles. The molecule has 5 nitrogen and oxygen atoms in total. The van der Waals surface area contributed by atoms with Crippen LogP contribution in [0.1, 0.15) is 25.8 Å². The molecule has 3 heterocycles. The molecule has 0 bridgehead atoms. The number of halogens is 3. The Balaban J connectivity index is 1.30. The van der Waals surface area contributed by atoms with Crippen LogP contribution in [0.3, 0.4) is 0 Å². The largest absolute Gasteiger partial charge is 0.488 e. The second-order valence-electron chi connectivity index (χ2n) is 8.34. The number of aromatic nitrogens is 1. The highest BCUT2D eigenvalue weighted by Crippen LogP contribution is 2.53. The van der Waals surface area contributed by atoms with Gasteiger partial charge >= 0.3 is 0 Å². The van der Waals surface area contributed by atoms with Crippen LogP contribution in [0.2, 0.25) is 0 Å². The predicted molar refractivity (Wildman–Crippen MR) is 131 cm³/mol. The van der Waals surface area contributed by atoms with Crippen molar-refractivity contribution >= 4 is 53.6 Å². The van der Waals surface area contributed by atoms with Crippen LogP contribution in [0.15, 0.2) is 37.8 Å². The van der Waals surface area contributed by atoms with Gasteiger partial charge in [-0.3, -0.25) is 4.90 Å². The summed E-state index contributed by atoms with van der Waals surface area (Å²) in [6.45, 7) is 10.0. The molecule has 2 aliphatic heterocycles. The van der Waals surface area contributed by atoms with Gasteiger partial charge in [-0.05, 0) is 80.2 Å². The van der Waals surface area contributed by atoms with Crippen molar-refractivity contribution in [2.24, 2.45) is 0 Å². The van der Waals surface area contributed by atoms with Gasteiger partial charge in [-0.15, -0.1) is 0 Å². The van der Waals surface area contributed by atoms with Crippen LogP contribution in [-0.4, -0.2) is 54.8 Å². The number of fused-ring (bicyclic) bond motifs is 1. The molecule has 1 aromatic heterocycles. The fraction of sp³-hybridized carbons (Fsp3) is 0.500. The van der Waals surface area contributed by atoms with Crippen molar-refractivity contribution in [1.29, 1.82) is 0 Å². The average molecular weight is 604 g/mol. The maximum Gasteiger partial charge on any atom is 0.176 e. The summed E-state index contributed by atoms with van der Waals surface area (Å²) in [4.78, 5) is 9.31. The van der Waals surface area contributed by atoms with Crippen LogP contribution in [-0.2, 0) is 6.42 Å². The molecule has 8 heteroatoms. The van der Waals surface area contributed by atoms with E-state index in [9.17, 15) is 0 Å². The highest BCUT2D eigenvalue weighted by atomic mass is 79.9. The summed E-state index contributed by atoms with van der Waals surface area (Å²) in [6.07, 6.45) is 3.69. The highest BCUT2D eigenvalue weighted by molar-refractivity contribution is 9.14. The molecule has 0 aliphatic carbocycles. The third kappa shape index (κ3) is 4.81. The smallest absolute Gasteiger partial charge is 0.176 e. The van der Waals surface area contributed by atoms with Gasteiger partial charge in [-0.25, -0.2) is 4.98 Å². The number of rotatable bonds is 6. The van der Waals surface area contributed by atoms with Gasteiger partial charge in [0.2, 0.25) is 0 Å². The molecule has 0 amide bonds. The minimum Gasteiger partial charge on any atom is -0.488 e. The van der Waals surface area contributed by atoms with Gasteiger partial charge in [-0.1, -0.05) is 6.07 Å². The first-order valence-electron chi connectivity index (χ1n) is 10.3. The molecule has 4 rings (SSSR count). The maximum absolute atomic E-state index is 6.22. The lowest BCUT2D eigenvalue weighted by molar-refractivity contribution is 0.131. The van der Waals surface area contributed by atoms with Crippen LogP contribution >= 0.6 is 47.8 Å². The van der Waals surface area contributed by atoms with Gasteiger partial charge in [0.25, 0.3) is 0 Å². The fourth-order valence-electron chi connectivity index (χ4n) is 4.00. The van der Waals surface area contributed by atoms with Crippen LogP contribution < -0.4 is 14.4 Å². The third-order valence-corrected chi connectivity index (χ3v) is 9.01. The van der Waals surface area contributed by atoms with Gasteiger partial charge in [0.1, 0.15) is 11.4 Å².